The fourth-order valence-corrected chi connectivity index (χ4v) is 3.54. The summed E-state index contributed by atoms with van der Waals surface area (Å²) < 4.78 is 13.4. The number of carbonyl (C=O) groups is 1. The first-order chi connectivity index (χ1) is 11.6. The van der Waals surface area contributed by atoms with Crippen LogP contribution in [0.1, 0.15) is 50.8 Å². The van der Waals surface area contributed by atoms with Crippen LogP contribution >= 0.6 is 0 Å². The van der Waals surface area contributed by atoms with Crippen LogP contribution in [0.5, 0.6) is 0 Å². The first-order valence-corrected chi connectivity index (χ1v) is 9.01. The van der Waals surface area contributed by atoms with Crippen LogP contribution < -0.4 is 0 Å². The van der Waals surface area contributed by atoms with Gasteiger partial charge >= 0.3 is 0 Å². The molecule has 2 aliphatic heterocycles. The van der Waals surface area contributed by atoms with E-state index in [0.717, 1.165) is 51.2 Å². The summed E-state index contributed by atoms with van der Waals surface area (Å²) in [5.74, 6) is 1.48. The Hall–Kier alpha value is -1.47. The van der Waals surface area contributed by atoms with Crippen LogP contribution in [0.2, 0.25) is 0 Å². The van der Waals surface area contributed by atoms with E-state index in [1.54, 1.807) is 6.33 Å². The summed E-state index contributed by atoms with van der Waals surface area (Å²) in [5, 5.41) is 8.15. The Morgan fingerprint density at radius 3 is 2.79 bits per heavy atom. The predicted octanol–water partition coefficient (Wildman–Crippen LogP) is 1.50. The van der Waals surface area contributed by atoms with Crippen molar-refractivity contribution in [2.45, 2.75) is 57.2 Å². The second-order valence-corrected chi connectivity index (χ2v) is 6.86. The van der Waals surface area contributed by atoms with Gasteiger partial charge in [-0.1, -0.05) is 0 Å². The summed E-state index contributed by atoms with van der Waals surface area (Å²) in [6.45, 7) is 4.68. The number of hydrogen-bond donors (Lipinski definition) is 0. The lowest BCUT2D eigenvalue weighted by atomic mass is 9.95. The molecule has 0 saturated carbocycles. The van der Waals surface area contributed by atoms with Crippen molar-refractivity contribution in [3.05, 3.63) is 12.2 Å². The van der Waals surface area contributed by atoms with Crippen LogP contribution in [0, 0.1) is 0 Å². The number of aromatic nitrogens is 3. The van der Waals surface area contributed by atoms with Crippen molar-refractivity contribution in [2.24, 2.45) is 7.05 Å². The van der Waals surface area contributed by atoms with Gasteiger partial charge in [0, 0.05) is 32.7 Å². The second-order valence-electron chi connectivity index (χ2n) is 6.86. The fourth-order valence-electron chi connectivity index (χ4n) is 3.54. The maximum absolute atomic E-state index is 12.6. The maximum atomic E-state index is 12.6. The van der Waals surface area contributed by atoms with E-state index in [9.17, 15) is 4.79 Å². The average Bonchev–Trinajstić information content (AvgIpc) is 3.06. The molecule has 0 aliphatic carbocycles. The lowest BCUT2D eigenvalue weighted by Gasteiger charge is -2.33. The lowest BCUT2D eigenvalue weighted by Crippen LogP contribution is -2.44. The molecule has 1 aromatic rings. The third-order valence-corrected chi connectivity index (χ3v) is 5.07. The normalized spacial score (nSPS) is 24.1. The minimum absolute atomic E-state index is 0.0854. The van der Waals surface area contributed by atoms with E-state index in [1.807, 2.05) is 23.4 Å². The molecule has 0 aromatic carbocycles. The summed E-state index contributed by atoms with van der Waals surface area (Å²) in [6.07, 6.45) is 6.68. The minimum Gasteiger partial charge on any atom is -0.376 e. The molecule has 1 amide bonds. The number of ether oxygens (including phenoxy) is 2. The molecule has 7 heteroatoms. The molecule has 3 rings (SSSR count). The third kappa shape index (κ3) is 4.13. The highest BCUT2D eigenvalue weighted by molar-refractivity contribution is 5.80. The Labute approximate surface area is 143 Å². The van der Waals surface area contributed by atoms with E-state index in [-0.39, 0.29) is 12.0 Å². The van der Waals surface area contributed by atoms with Gasteiger partial charge < -0.3 is 18.9 Å². The highest BCUT2D eigenvalue weighted by atomic mass is 16.5. The van der Waals surface area contributed by atoms with Gasteiger partial charge in [-0.25, -0.2) is 0 Å². The first kappa shape index (κ1) is 17.4. The predicted molar refractivity (Wildman–Crippen MR) is 88.6 cm³/mol. The van der Waals surface area contributed by atoms with Gasteiger partial charge in [0.2, 0.25) is 0 Å². The van der Waals surface area contributed by atoms with Crippen molar-refractivity contribution < 1.29 is 14.3 Å². The zero-order valence-corrected chi connectivity index (χ0v) is 14.7. The van der Waals surface area contributed by atoms with Crippen molar-refractivity contribution in [2.75, 3.05) is 26.3 Å². The number of hydrogen-bond acceptors (Lipinski definition) is 5. The molecule has 2 aliphatic rings. The molecular weight excluding hydrogens is 308 g/mol. The van der Waals surface area contributed by atoms with Gasteiger partial charge in [-0.3, -0.25) is 4.79 Å². The van der Waals surface area contributed by atoms with E-state index in [4.69, 9.17) is 9.47 Å². The van der Waals surface area contributed by atoms with Crippen molar-refractivity contribution in [3.8, 4) is 0 Å². The van der Waals surface area contributed by atoms with Gasteiger partial charge in [0.15, 0.2) is 0 Å². The summed E-state index contributed by atoms with van der Waals surface area (Å²) in [5.41, 5.74) is 0. The molecule has 7 nitrogen and oxygen atoms in total. The summed E-state index contributed by atoms with van der Waals surface area (Å²) in [4.78, 5) is 14.5. The van der Waals surface area contributed by atoms with Crippen molar-refractivity contribution in [3.63, 3.8) is 0 Å². The van der Waals surface area contributed by atoms with E-state index < -0.39 is 6.10 Å². The number of piperidine rings is 1. The quantitative estimate of drug-likeness (QED) is 0.815. The van der Waals surface area contributed by atoms with Crippen molar-refractivity contribution in [1.29, 1.82) is 0 Å². The van der Waals surface area contributed by atoms with Crippen LogP contribution in [0.25, 0.3) is 0 Å². The first-order valence-electron chi connectivity index (χ1n) is 9.01. The van der Waals surface area contributed by atoms with Crippen LogP contribution in [0.15, 0.2) is 6.33 Å². The monoisotopic (exact) mass is 336 g/mol. The Balaban J connectivity index is 1.43. The molecule has 2 unspecified atom stereocenters. The molecule has 24 heavy (non-hydrogen) atoms. The van der Waals surface area contributed by atoms with Gasteiger partial charge in [-0.05, 0) is 39.0 Å². The van der Waals surface area contributed by atoms with Gasteiger partial charge in [0.05, 0.1) is 12.7 Å². The molecule has 0 spiro atoms. The molecule has 2 fully saturated rings. The lowest BCUT2D eigenvalue weighted by molar-refractivity contribution is -0.147. The summed E-state index contributed by atoms with van der Waals surface area (Å²) in [6, 6.07) is 0. The van der Waals surface area contributed by atoms with Crippen LogP contribution in [-0.4, -0.2) is 64.1 Å². The van der Waals surface area contributed by atoms with E-state index in [1.165, 1.54) is 6.42 Å². The topological polar surface area (TPSA) is 69.5 Å². The number of carbonyl (C=O) groups excluding carboxylic acids is 1. The standard InChI is InChI=1S/C17H28N4O3/c1-13(24-11-15-5-3-4-10-23-15)17(22)21-8-6-14(7-9-21)16-19-18-12-20(16)2/h12-15H,3-11H2,1-2H3. The molecule has 0 N–H and O–H groups in total. The summed E-state index contributed by atoms with van der Waals surface area (Å²) in [7, 11) is 1.97. The molecule has 2 saturated heterocycles. The Morgan fingerprint density at radius 1 is 1.38 bits per heavy atom. The SMILES string of the molecule is CC(OCC1CCCCO1)C(=O)N1CCC(c2nncn2C)CC1. The maximum Gasteiger partial charge on any atom is 0.251 e. The molecular formula is C17H28N4O3. The smallest absolute Gasteiger partial charge is 0.251 e. The van der Waals surface area contributed by atoms with Crippen LogP contribution in [-0.2, 0) is 21.3 Å². The zero-order valence-electron chi connectivity index (χ0n) is 14.7. The highest BCUT2D eigenvalue weighted by Gasteiger charge is 2.29. The number of likely N-dealkylation sites (tertiary alicyclic amines) is 1. The highest BCUT2D eigenvalue weighted by Crippen LogP contribution is 2.26. The molecule has 1 aromatic heterocycles. The molecule has 3 heterocycles. The van der Waals surface area contributed by atoms with Gasteiger partial charge in [-0.15, -0.1) is 10.2 Å². The molecule has 0 bridgehead atoms. The van der Waals surface area contributed by atoms with Crippen LogP contribution in [0.3, 0.4) is 0 Å². The minimum atomic E-state index is -0.401. The van der Waals surface area contributed by atoms with Gasteiger partial charge in [-0.2, -0.15) is 0 Å². The number of aryl methyl sites for hydroxylation is 1. The third-order valence-electron chi connectivity index (χ3n) is 5.07. The fraction of sp³-hybridized carbons (Fsp3) is 0.824. The zero-order chi connectivity index (χ0) is 16.9. The van der Waals surface area contributed by atoms with Crippen molar-refractivity contribution in [1.82, 2.24) is 19.7 Å². The van der Waals surface area contributed by atoms with Gasteiger partial charge in [0.25, 0.3) is 5.91 Å². The van der Waals surface area contributed by atoms with E-state index in [0.29, 0.717) is 12.5 Å². The van der Waals surface area contributed by atoms with Gasteiger partial charge in [0.1, 0.15) is 18.3 Å². The Morgan fingerprint density at radius 2 is 2.17 bits per heavy atom. The van der Waals surface area contributed by atoms with Crippen LogP contribution in [0.4, 0.5) is 0 Å². The average molecular weight is 336 g/mol. The Kier molecular flexibility index (Phi) is 5.84. The molecule has 134 valence electrons. The number of amides is 1. The summed E-state index contributed by atoms with van der Waals surface area (Å²) >= 11 is 0. The number of nitrogens with zero attached hydrogens (tertiary/aromatic N) is 4. The Bertz CT molecular complexity index is 534. The van der Waals surface area contributed by atoms with E-state index in [2.05, 4.69) is 10.2 Å². The molecule has 0 radical (unpaired) electrons. The second kappa shape index (κ2) is 8.07. The molecule has 2 atom stereocenters. The van der Waals surface area contributed by atoms with Crippen molar-refractivity contribution >= 4 is 5.91 Å². The number of rotatable bonds is 5. The largest absolute Gasteiger partial charge is 0.376 e. The van der Waals surface area contributed by atoms with E-state index >= 15 is 0 Å².